The first-order chi connectivity index (χ1) is 5.97. The van der Waals surface area contributed by atoms with Gasteiger partial charge < -0.3 is 0 Å². The van der Waals surface area contributed by atoms with Crippen molar-refractivity contribution in [1.29, 1.82) is 0 Å². The van der Waals surface area contributed by atoms with Crippen LogP contribution in [0.4, 0.5) is 0 Å². The van der Waals surface area contributed by atoms with Gasteiger partial charge in [-0.15, -0.1) is 0 Å². The number of hydrogen-bond acceptors (Lipinski definition) is 0. The fraction of sp³-hybridized carbons (Fsp3) is 0. The first kappa shape index (κ1) is 10.5. The Morgan fingerprint density at radius 1 is 0.692 bits per heavy atom. The Balaban J connectivity index is 0.000000845. The normalized spacial score (nSPS) is 8.92. The average Bonchev–Trinajstić information content (AvgIpc) is 2.21. The van der Waals surface area contributed by atoms with Crippen LogP contribution in [0.25, 0.3) is 11.1 Å². The van der Waals surface area contributed by atoms with Crippen molar-refractivity contribution in [3.8, 4) is 11.1 Å². The predicted octanol–water partition coefficient (Wildman–Crippen LogP) is 2.51. The molecule has 0 atom stereocenters. The van der Waals surface area contributed by atoms with Gasteiger partial charge in [0, 0.05) is 0 Å². The van der Waals surface area contributed by atoms with Crippen molar-refractivity contribution in [1.82, 2.24) is 0 Å². The molecule has 2 rings (SSSR count). The molecule has 2 aromatic rings. The Labute approximate surface area is 101 Å². The van der Waals surface area contributed by atoms with Crippen molar-refractivity contribution in [2.45, 2.75) is 0 Å². The Kier molecular flexibility index (Phi) is 4.23. The maximum atomic E-state index is 3.00. The zero-order valence-corrected chi connectivity index (χ0v) is 6.70. The quantitative estimate of drug-likeness (QED) is 0.587. The predicted molar refractivity (Wildman–Crippen MR) is 57.9 cm³/mol. The first-order valence-electron chi connectivity index (χ1n) is 3.98. The van der Waals surface area contributed by atoms with Crippen LogP contribution < -0.4 is 0 Å². The zero-order valence-electron chi connectivity index (χ0n) is 6.70. The van der Waals surface area contributed by atoms with Crippen LogP contribution in [0, 0.1) is 6.07 Å². The third-order valence-electron chi connectivity index (χ3n) is 1.83. The zero-order chi connectivity index (χ0) is 8.23. The minimum Gasteiger partial charge on any atom is -0.0622 e. The van der Waals surface area contributed by atoms with Crippen molar-refractivity contribution >= 4 is 29.6 Å². The van der Waals surface area contributed by atoms with Gasteiger partial charge in [0.25, 0.3) is 0 Å². The molecule has 0 aliphatic rings. The van der Waals surface area contributed by atoms with E-state index in [1.165, 1.54) is 11.1 Å². The summed E-state index contributed by atoms with van der Waals surface area (Å²) < 4.78 is 0. The number of hydrogen-bond donors (Lipinski definition) is 0. The standard InChI is InChI=1S/C12H9.Na.H/c1-3-7-11(8-4-1)12-9-5-2-6-10-12;;/h1,3-10H;;. The molecule has 0 heterocycles. The van der Waals surface area contributed by atoms with Crippen molar-refractivity contribution in [2.75, 3.05) is 0 Å². The monoisotopic (exact) mass is 177 g/mol. The van der Waals surface area contributed by atoms with Crippen LogP contribution in [0.1, 0.15) is 0 Å². The summed E-state index contributed by atoms with van der Waals surface area (Å²) in [6.45, 7) is 0. The molecule has 1 radical (unpaired) electrons. The Morgan fingerprint density at radius 2 is 1.23 bits per heavy atom. The van der Waals surface area contributed by atoms with Gasteiger partial charge in [0.1, 0.15) is 0 Å². The van der Waals surface area contributed by atoms with Crippen molar-refractivity contribution in [3.05, 3.63) is 60.7 Å². The second-order valence-electron chi connectivity index (χ2n) is 2.65. The van der Waals surface area contributed by atoms with E-state index in [0.29, 0.717) is 0 Å². The van der Waals surface area contributed by atoms with Gasteiger partial charge in [-0.25, -0.2) is 0 Å². The molecule has 0 spiro atoms. The van der Waals surface area contributed by atoms with Gasteiger partial charge in [0.2, 0.25) is 0 Å². The van der Waals surface area contributed by atoms with E-state index in [1.807, 2.05) is 30.3 Å². The molecule has 13 heavy (non-hydrogen) atoms. The number of benzene rings is 2. The van der Waals surface area contributed by atoms with E-state index in [0.717, 1.165) is 0 Å². The summed E-state index contributed by atoms with van der Waals surface area (Å²) >= 11 is 0. The molecule has 0 amide bonds. The summed E-state index contributed by atoms with van der Waals surface area (Å²) in [4.78, 5) is 0. The van der Waals surface area contributed by atoms with Crippen LogP contribution in [-0.4, -0.2) is 29.6 Å². The van der Waals surface area contributed by atoms with Gasteiger partial charge >= 0.3 is 29.6 Å². The van der Waals surface area contributed by atoms with Crippen molar-refractivity contribution in [3.63, 3.8) is 0 Å². The SMILES string of the molecule is [NaH].[c]1ccc(-c2ccccc2)cc1. The van der Waals surface area contributed by atoms with E-state index in [-0.39, 0.29) is 29.6 Å². The second kappa shape index (κ2) is 5.23. The smallest absolute Gasteiger partial charge is 0.0184 e. The molecule has 0 saturated heterocycles. The fourth-order valence-electron chi connectivity index (χ4n) is 1.21. The fourth-order valence-corrected chi connectivity index (χ4v) is 1.21. The largest absolute Gasteiger partial charge is 0.0622 e. The second-order valence-corrected chi connectivity index (χ2v) is 2.65. The van der Waals surface area contributed by atoms with Crippen molar-refractivity contribution < 1.29 is 0 Å². The maximum Gasteiger partial charge on any atom is -0.0184 e. The molecule has 2 aromatic carbocycles. The van der Waals surface area contributed by atoms with Crippen LogP contribution in [-0.2, 0) is 0 Å². The summed E-state index contributed by atoms with van der Waals surface area (Å²) in [5.74, 6) is 0. The van der Waals surface area contributed by atoms with E-state index in [9.17, 15) is 0 Å². The van der Waals surface area contributed by atoms with E-state index < -0.39 is 0 Å². The molecular formula is C12H10Na. The molecule has 0 nitrogen and oxygen atoms in total. The summed E-state index contributed by atoms with van der Waals surface area (Å²) in [6.07, 6.45) is 0. The van der Waals surface area contributed by atoms with E-state index >= 15 is 0 Å². The van der Waals surface area contributed by atoms with Crippen LogP contribution >= 0.6 is 0 Å². The molecule has 0 aromatic heterocycles. The van der Waals surface area contributed by atoms with Crippen LogP contribution in [0.2, 0.25) is 0 Å². The topological polar surface area (TPSA) is 0 Å². The minimum absolute atomic E-state index is 0. The molecule has 0 aliphatic heterocycles. The third kappa shape index (κ3) is 2.70. The Morgan fingerprint density at radius 3 is 1.85 bits per heavy atom. The molecule has 1 heteroatoms. The van der Waals surface area contributed by atoms with Gasteiger partial charge in [-0.3, -0.25) is 0 Å². The molecule has 0 N–H and O–H groups in total. The summed E-state index contributed by atoms with van der Waals surface area (Å²) in [6, 6.07) is 21.3. The van der Waals surface area contributed by atoms with E-state index in [4.69, 9.17) is 0 Å². The van der Waals surface area contributed by atoms with Crippen molar-refractivity contribution in [2.24, 2.45) is 0 Å². The van der Waals surface area contributed by atoms with Gasteiger partial charge in [-0.1, -0.05) is 54.6 Å². The minimum atomic E-state index is 0. The van der Waals surface area contributed by atoms with Gasteiger partial charge in [0.15, 0.2) is 0 Å². The number of rotatable bonds is 1. The average molecular weight is 177 g/mol. The van der Waals surface area contributed by atoms with Crippen LogP contribution in [0.3, 0.4) is 0 Å². The Hall–Kier alpha value is -0.560. The van der Waals surface area contributed by atoms with Gasteiger partial charge in [-0.05, 0) is 17.2 Å². The Bertz CT molecular complexity index is 303. The van der Waals surface area contributed by atoms with Crippen LogP contribution in [0.5, 0.6) is 0 Å². The molecule has 0 fully saturated rings. The molecule has 0 bridgehead atoms. The molecule has 0 aliphatic carbocycles. The maximum absolute atomic E-state index is 3.00. The first-order valence-corrected chi connectivity index (χ1v) is 3.98. The third-order valence-corrected chi connectivity index (χ3v) is 1.83. The summed E-state index contributed by atoms with van der Waals surface area (Å²) in [5, 5.41) is 0. The summed E-state index contributed by atoms with van der Waals surface area (Å²) in [5.41, 5.74) is 2.50. The molecular weight excluding hydrogens is 167 g/mol. The molecule has 0 unspecified atom stereocenters. The van der Waals surface area contributed by atoms with Crippen LogP contribution in [0.15, 0.2) is 54.6 Å². The molecule has 0 saturated carbocycles. The molecule has 59 valence electrons. The van der Waals surface area contributed by atoms with Gasteiger partial charge in [0.05, 0.1) is 0 Å². The summed E-state index contributed by atoms with van der Waals surface area (Å²) in [7, 11) is 0. The van der Waals surface area contributed by atoms with Gasteiger partial charge in [-0.2, -0.15) is 0 Å². The van der Waals surface area contributed by atoms with E-state index in [1.54, 1.807) is 0 Å². The van der Waals surface area contributed by atoms with E-state index in [2.05, 4.69) is 30.3 Å².